The summed E-state index contributed by atoms with van der Waals surface area (Å²) in [7, 11) is 0. The third-order valence-corrected chi connectivity index (χ3v) is 4.70. The Balaban J connectivity index is 1.90. The molecule has 21 heavy (non-hydrogen) atoms. The van der Waals surface area contributed by atoms with Crippen molar-refractivity contribution in [2.75, 3.05) is 6.54 Å². The fourth-order valence-electron chi connectivity index (χ4n) is 3.53. The zero-order valence-corrected chi connectivity index (χ0v) is 12.5. The average Bonchev–Trinajstić information content (AvgIpc) is 2.77. The molecule has 2 aromatic carbocycles. The molecule has 0 spiro atoms. The van der Waals surface area contributed by atoms with Gasteiger partial charge in [-0.3, -0.25) is 0 Å². The summed E-state index contributed by atoms with van der Waals surface area (Å²) in [6.07, 6.45) is 6.41. The lowest BCUT2D eigenvalue weighted by Crippen LogP contribution is -2.17. The maximum Gasteiger partial charge on any atom is 0.0416 e. The number of hydrogen-bond acceptors (Lipinski definition) is 1. The number of fused-ring (bicyclic) bond motifs is 3. The van der Waals surface area contributed by atoms with Gasteiger partial charge in [0, 0.05) is 17.7 Å². The van der Waals surface area contributed by atoms with Crippen molar-refractivity contribution in [1.29, 1.82) is 0 Å². The van der Waals surface area contributed by atoms with Crippen LogP contribution in [0.5, 0.6) is 0 Å². The molecule has 0 radical (unpaired) electrons. The van der Waals surface area contributed by atoms with Crippen molar-refractivity contribution in [1.82, 2.24) is 5.32 Å². The summed E-state index contributed by atoms with van der Waals surface area (Å²) >= 11 is 0. The standard InChI is InChI=1S/C20H19N/c1-20(2)17-8-4-3-7-15(17)16-11-10-14(13-18(16)20)19-9-5-6-12-21-19/h3-11,13,21H,12H2,1-2H3. The van der Waals surface area contributed by atoms with Crippen molar-refractivity contribution in [2.45, 2.75) is 19.3 Å². The molecule has 2 aliphatic rings. The van der Waals surface area contributed by atoms with Crippen LogP contribution < -0.4 is 5.32 Å². The SMILES string of the molecule is CC1(C)c2ccccc2-c2ccc(C3=CC=CCN3)cc21. The summed E-state index contributed by atoms with van der Waals surface area (Å²) in [5.41, 5.74) is 8.19. The summed E-state index contributed by atoms with van der Waals surface area (Å²) in [5, 5.41) is 3.45. The van der Waals surface area contributed by atoms with Crippen LogP contribution in [0.3, 0.4) is 0 Å². The van der Waals surface area contributed by atoms with E-state index in [1.54, 1.807) is 0 Å². The molecule has 1 N–H and O–H groups in total. The van der Waals surface area contributed by atoms with Crippen molar-refractivity contribution in [2.24, 2.45) is 0 Å². The molecule has 1 heteroatoms. The van der Waals surface area contributed by atoms with E-state index < -0.39 is 0 Å². The Morgan fingerprint density at radius 1 is 0.952 bits per heavy atom. The van der Waals surface area contributed by atoms with Crippen LogP contribution in [0.2, 0.25) is 0 Å². The van der Waals surface area contributed by atoms with Gasteiger partial charge in [-0.15, -0.1) is 0 Å². The molecular formula is C20H19N. The molecule has 0 saturated carbocycles. The van der Waals surface area contributed by atoms with E-state index in [1.165, 1.54) is 33.5 Å². The fraction of sp³-hybridized carbons (Fsp3) is 0.200. The molecule has 1 heterocycles. The molecule has 0 atom stereocenters. The minimum Gasteiger partial charge on any atom is -0.381 e. The van der Waals surface area contributed by atoms with E-state index >= 15 is 0 Å². The molecule has 1 aliphatic carbocycles. The van der Waals surface area contributed by atoms with Crippen LogP contribution in [-0.2, 0) is 5.41 Å². The summed E-state index contributed by atoms with van der Waals surface area (Å²) in [6, 6.07) is 15.6. The van der Waals surface area contributed by atoms with Gasteiger partial charge < -0.3 is 5.32 Å². The number of benzene rings is 2. The van der Waals surface area contributed by atoms with Gasteiger partial charge in [0.1, 0.15) is 0 Å². The second-order valence-corrected chi connectivity index (χ2v) is 6.32. The highest BCUT2D eigenvalue weighted by molar-refractivity contribution is 5.83. The molecule has 0 aromatic heterocycles. The van der Waals surface area contributed by atoms with Crippen LogP contribution >= 0.6 is 0 Å². The zero-order chi connectivity index (χ0) is 14.4. The van der Waals surface area contributed by atoms with Crippen LogP contribution in [-0.4, -0.2) is 6.54 Å². The van der Waals surface area contributed by atoms with Crippen molar-refractivity contribution < 1.29 is 0 Å². The summed E-state index contributed by atoms with van der Waals surface area (Å²) in [6.45, 7) is 5.56. The normalized spacial score (nSPS) is 17.7. The van der Waals surface area contributed by atoms with Gasteiger partial charge in [0.05, 0.1) is 0 Å². The van der Waals surface area contributed by atoms with Crippen LogP contribution in [0.25, 0.3) is 16.8 Å². The third kappa shape index (κ3) is 1.77. The number of nitrogens with one attached hydrogen (secondary N) is 1. The van der Waals surface area contributed by atoms with Gasteiger partial charge in [-0.25, -0.2) is 0 Å². The Labute approximate surface area is 126 Å². The molecule has 1 aliphatic heterocycles. The van der Waals surface area contributed by atoms with Crippen LogP contribution in [0, 0.1) is 0 Å². The van der Waals surface area contributed by atoms with Crippen LogP contribution in [0.4, 0.5) is 0 Å². The molecule has 0 amide bonds. The number of rotatable bonds is 1. The molecule has 0 saturated heterocycles. The Kier molecular flexibility index (Phi) is 2.58. The Hall–Kier alpha value is -2.28. The zero-order valence-electron chi connectivity index (χ0n) is 12.5. The van der Waals surface area contributed by atoms with Gasteiger partial charge in [-0.05, 0) is 40.0 Å². The topological polar surface area (TPSA) is 12.0 Å². The maximum absolute atomic E-state index is 3.45. The Morgan fingerprint density at radius 3 is 2.57 bits per heavy atom. The number of dihydropyridines is 1. The second kappa shape index (κ2) is 4.36. The highest BCUT2D eigenvalue weighted by atomic mass is 14.9. The van der Waals surface area contributed by atoms with E-state index in [0.29, 0.717) is 0 Å². The third-order valence-electron chi connectivity index (χ3n) is 4.70. The van der Waals surface area contributed by atoms with E-state index in [0.717, 1.165) is 6.54 Å². The van der Waals surface area contributed by atoms with E-state index in [-0.39, 0.29) is 5.41 Å². The molecule has 0 fully saturated rings. The number of allylic oxidation sites excluding steroid dienone is 2. The first-order valence-electron chi connectivity index (χ1n) is 7.53. The minimum absolute atomic E-state index is 0.0764. The van der Waals surface area contributed by atoms with Gasteiger partial charge in [0.15, 0.2) is 0 Å². The smallest absolute Gasteiger partial charge is 0.0416 e. The van der Waals surface area contributed by atoms with Gasteiger partial charge in [-0.1, -0.05) is 62.4 Å². The first-order chi connectivity index (χ1) is 10.2. The fourth-order valence-corrected chi connectivity index (χ4v) is 3.53. The van der Waals surface area contributed by atoms with E-state index in [9.17, 15) is 0 Å². The Morgan fingerprint density at radius 2 is 1.76 bits per heavy atom. The van der Waals surface area contributed by atoms with Gasteiger partial charge in [0.2, 0.25) is 0 Å². The molecule has 0 bridgehead atoms. The van der Waals surface area contributed by atoms with Crippen LogP contribution in [0.15, 0.2) is 60.7 Å². The average molecular weight is 273 g/mol. The predicted octanol–water partition coefficient (Wildman–Crippen LogP) is 4.49. The summed E-state index contributed by atoms with van der Waals surface area (Å²) in [5.74, 6) is 0. The first kappa shape index (κ1) is 12.5. The second-order valence-electron chi connectivity index (χ2n) is 6.32. The Bertz CT molecular complexity index is 778. The van der Waals surface area contributed by atoms with E-state index in [2.05, 4.69) is 79.9 Å². The highest BCUT2D eigenvalue weighted by Gasteiger charge is 2.35. The molecule has 2 aromatic rings. The quantitative estimate of drug-likeness (QED) is 0.807. The van der Waals surface area contributed by atoms with E-state index in [4.69, 9.17) is 0 Å². The van der Waals surface area contributed by atoms with Crippen LogP contribution in [0.1, 0.15) is 30.5 Å². The lowest BCUT2D eigenvalue weighted by Gasteiger charge is -2.22. The highest BCUT2D eigenvalue weighted by Crippen LogP contribution is 2.48. The molecule has 0 unspecified atom stereocenters. The van der Waals surface area contributed by atoms with Gasteiger partial charge >= 0.3 is 0 Å². The largest absolute Gasteiger partial charge is 0.381 e. The maximum atomic E-state index is 3.45. The monoisotopic (exact) mass is 273 g/mol. The summed E-state index contributed by atoms with van der Waals surface area (Å²) in [4.78, 5) is 0. The molecule has 1 nitrogen and oxygen atoms in total. The number of hydrogen-bond donors (Lipinski definition) is 1. The lowest BCUT2D eigenvalue weighted by molar-refractivity contribution is 0.660. The van der Waals surface area contributed by atoms with Gasteiger partial charge in [-0.2, -0.15) is 0 Å². The first-order valence-corrected chi connectivity index (χ1v) is 7.53. The molecular weight excluding hydrogens is 254 g/mol. The predicted molar refractivity (Wildman–Crippen MR) is 89.1 cm³/mol. The van der Waals surface area contributed by atoms with Crippen molar-refractivity contribution >= 4 is 5.70 Å². The minimum atomic E-state index is 0.0764. The molecule has 4 rings (SSSR count). The van der Waals surface area contributed by atoms with Crippen molar-refractivity contribution in [3.8, 4) is 11.1 Å². The van der Waals surface area contributed by atoms with Crippen molar-refractivity contribution in [3.05, 3.63) is 77.4 Å². The van der Waals surface area contributed by atoms with Gasteiger partial charge in [0.25, 0.3) is 0 Å². The molecule has 104 valence electrons. The summed E-state index contributed by atoms with van der Waals surface area (Å²) < 4.78 is 0. The van der Waals surface area contributed by atoms with E-state index in [1.807, 2.05) is 0 Å². The lowest BCUT2D eigenvalue weighted by atomic mass is 9.82. The van der Waals surface area contributed by atoms with Crippen molar-refractivity contribution in [3.63, 3.8) is 0 Å².